The zero-order valence-electron chi connectivity index (χ0n) is 9.78. The lowest BCUT2D eigenvalue weighted by Gasteiger charge is -2.14. The summed E-state index contributed by atoms with van der Waals surface area (Å²) in [5.41, 5.74) is 4.37. The van der Waals surface area contributed by atoms with Gasteiger partial charge in [-0.2, -0.15) is 5.10 Å². The van der Waals surface area contributed by atoms with Gasteiger partial charge in [-0.3, -0.25) is 4.79 Å². The fourth-order valence-electron chi connectivity index (χ4n) is 1.75. The predicted molar refractivity (Wildman–Crippen MR) is 64.4 cm³/mol. The summed E-state index contributed by atoms with van der Waals surface area (Å²) in [7, 11) is 0. The number of benzene rings is 1. The van der Waals surface area contributed by atoms with E-state index in [9.17, 15) is 18.0 Å². The van der Waals surface area contributed by atoms with Gasteiger partial charge in [0.2, 0.25) is 5.91 Å². The monoisotopic (exact) mass is 301 g/mol. The number of hydrogen-bond acceptors (Lipinski definition) is 3. The lowest BCUT2D eigenvalue weighted by molar-refractivity contribution is -0.118. The first-order valence-electron chi connectivity index (χ1n) is 5.33. The van der Waals surface area contributed by atoms with Gasteiger partial charge in [-0.1, -0.05) is 11.6 Å². The zero-order chi connectivity index (χ0) is 14.9. The minimum absolute atomic E-state index is 0.0389. The van der Waals surface area contributed by atoms with E-state index in [1.807, 2.05) is 0 Å². The Morgan fingerprint density at radius 2 is 1.75 bits per heavy atom. The van der Waals surface area contributed by atoms with E-state index in [2.05, 4.69) is 10.2 Å². The summed E-state index contributed by atoms with van der Waals surface area (Å²) in [6, 6.07) is 3.46. The van der Waals surface area contributed by atoms with E-state index >= 15 is 0 Å². The number of carbonyl (C=O) groups is 1. The number of hydrogen-bond donors (Lipinski definition) is 1. The Hall–Kier alpha value is -2.15. The Morgan fingerprint density at radius 1 is 1.15 bits per heavy atom. The molecule has 1 atom stereocenters. The highest BCUT2D eigenvalue weighted by Crippen LogP contribution is 2.28. The summed E-state index contributed by atoms with van der Waals surface area (Å²) in [6.45, 7) is 0. The minimum atomic E-state index is -1.53. The molecule has 0 saturated carbocycles. The molecule has 0 aliphatic heterocycles. The van der Waals surface area contributed by atoms with Crippen molar-refractivity contribution in [1.82, 2.24) is 10.2 Å². The highest BCUT2D eigenvalue weighted by Gasteiger charge is 2.29. The van der Waals surface area contributed by atoms with Gasteiger partial charge in [-0.05, 0) is 12.1 Å². The van der Waals surface area contributed by atoms with Gasteiger partial charge in [0.05, 0.1) is 5.69 Å². The van der Waals surface area contributed by atoms with E-state index < -0.39 is 34.8 Å². The maximum absolute atomic E-state index is 13.7. The van der Waals surface area contributed by atoms with E-state index in [0.29, 0.717) is 12.1 Å². The van der Waals surface area contributed by atoms with Crippen molar-refractivity contribution in [3.63, 3.8) is 0 Å². The summed E-state index contributed by atoms with van der Waals surface area (Å²) < 4.78 is 40.3. The third-order valence-electron chi connectivity index (χ3n) is 2.57. The van der Waals surface area contributed by atoms with Crippen molar-refractivity contribution in [2.75, 3.05) is 0 Å². The number of amides is 1. The molecule has 1 heterocycles. The molecule has 1 amide bonds. The van der Waals surface area contributed by atoms with Crippen molar-refractivity contribution in [3.05, 3.63) is 58.1 Å². The van der Waals surface area contributed by atoms with Crippen LogP contribution >= 0.6 is 11.6 Å². The highest BCUT2D eigenvalue weighted by atomic mass is 35.5. The van der Waals surface area contributed by atoms with Crippen LogP contribution in [0.3, 0.4) is 0 Å². The second-order valence-electron chi connectivity index (χ2n) is 3.90. The summed E-state index contributed by atoms with van der Waals surface area (Å²) in [6.07, 6.45) is 0. The fourth-order valence-corrected chi connectivity index (χ4v) is 1.85. The third-order valence-corrected chi connectivity index (χ3v) is 2.77. The van der Waals surface area contributed by atoms with Gasteiger partial charge in [0.15, 0.2) is 5.15 Å². The SMILES string of the molecule is NC(=O)C(c1ccc(Cl)nn1)c1c(F)cc(F)cc1F. The van der Waals surface area contributed by atoms with Crippen LogP contribution in [0.4, 0.5) is 13.2 Å². The molecule has 0 radical (unpaired) electrons. The Morgan fingerprint density at radius 3 is 2.20 bits per heavy atom. The molecule has 2 rings (SSSR count). The standard InChI is InChI=1S/C12H7ClF3N3O/c13-9-2-1-8(18-19-9)11(12(17)20)10-6(15)3-5(14)4-7(10)16/h1-4,11H,(H2,17,20). The molecule has 20 heavy (non-hydrogen) atoms. The number of aromatic nitrogens is 2. The van der Waals surface area contributed by atoms with E-state index in [1.54, 1.807) is 0 Å². The Bertz CT molecular complexity index is 640. The molecule has 0 bridgehead atoms. The number of primary amides is 1. The van der Waals surface area contributed by atoms with Gasteiger partial charge < -0.3 is 5.73 Å². The number of carbonyl (C=O) groups excluding carboxylic acids is 1. The van der Waals surface area contributed by atoms with Gasteiger partial charge >= 0.3 is 0 Å². The minimum Gasteiger partial charge on any atom is -0.369 e. The van der Waals surface area contributed by atoms with Crippen molar-refractivity contribution < 1.29 is 18.0 Å². The Balaban J connectivity index is 2.60. The Labute approximate surface area is 116 Å². The third kappa shape index (κ3) is 2.72. The van der Waals surface area contributed by atoms with Crippen LogP contribution in [0.1, 0.15) is 17.2 Å². The maximum atomic E-state index is 13.7. The number of nitrogens with zero attached hydrogens (tertiary/aromatic N) is 2. The molecular formula is C12H7ClF3N3O. The molecule has 0 fully saturated rings. The van der Waals surface area contributed by atoms with E-state index in [-0.39, 0.29) is 10.8 Å². The van der Waals surface area contributed by atoms with Gasteiger partial charge in [-0.25, -0.2) is 13.2 Å². The summed E-state index contributed by atoms with van der Waals surface area (Å²) in [5.74, 6) is -6.15. The van der Waals surface area contributed by atoms with Crippen LogP contribution in [-0.2, 0) is 4.79 Å². The van der Waals surface area contributed by atoms with Crippen molar-refractivity contribution in [3.8, 4) is 0 Å². The predicted octanol–water partition coefficient (Wildman–Crippen LogP) is 2.16. The van der Waals surface area contributed by atoms with Gasteiger partial charge in [0, 0.05) is 17.7 Å². The first-order chi connectivity index (χ1) is 9.40. The quantitative estimate of drug-likeness (QED) is 0.944. The second kappa shape index (κ2) is 5.46. The van der Waals surface area contributed by atoms with E-state index in [1.165, 1.54) is 12.1 Å². The largest absolute Gasteiger partial charge is 0.369 e. The molecule has 0 aliphatic carbocycles. The van der Waals surface area contributed by atoms with Gasteiger partial charge in [0.25, 0.3) is 0 Å². The fraction of sp³-hybridized carbons (Fsp3) is 0.0833. The summed E-state index contributed by atoms with van der Waals surface area (Å²) >= 11 is 5.54. The first kappa shape index (κ1) is 14.3. The maximum Gasteiger partial charge on any atom is 0.231 e. The molecule has 0 aliphatic rings. The van der Waals surface area contributed by atoms with Crippen LogP contribution in [0, 0.1) is 17.5 Å². The second-order valence-corrected chi connectivity index (χ2v) is 4.29. The molecule has 0 spiro atoms. The number of halogens is 4. The van der Waals surface area contributed by atoms with Crippen molar-refractivity contribution >= 4 is 17.5 Å². The summed E-state index contributed by atoms with van der Waals surface area (Å²) in [4.78, 5) is 11.5. The van der Waals surface area contributed by atoms with Crippen LogP contribution in [0.5, 0.6) is 0 Å². The molecule has 1 unspecified atom stereocenters. The van der Waals surface area contributed by atoms with Crippen LogP contribution < -0.4 is 5.73 Å². The first-order valence-corrected chi connectivity index (χ1v) is 5.71. The van der Waals surface area contributed by atoms with Crippen molar-refractivity contribution in [2.24, 2.45) is 5.73 Å². The zero-order valence-corrected chi connectivity index (χ0v) is 10.5. The normalized spacial score (nSPS) is 12.2. The van der Waals surface area contributed by atoms with Crippen LogP contribution in [0.2, 0.25) is 5.15 Å². The van der Waals surface area contributed by atoms with E-state index in [4.69, 9.17) is 17.3 Å². The van der Waals surface area contributed by atoms with Crippen molar-refractivity contribution in [2.45, 2.75) is 5.92 Å². The lowest BCUT2D eigenvalue weighted by Crippen LogP contribution is -2.25. The van der Waals surface area contributed by atoms with Crippen LogP contribution in [0.25, 0.3) is 0 Å². The van der Waals surface area contributed by atoms with E-state index in [0.717, 1.165) is 0 Å². The topological polar surface area (TPSA) is 68.9 Å². The average Bonchev–Trinajstić information content (AvgIpc) is 2.34. The molecule has 104 valence electrons. The number of nitrogens with two attached hydrogens (primary N) is 1. The summed E-state index contributed by atoms with van der Waals surface area (Å²) in [5, 5.41) is 7.08. The smallest absolute Gasteiger partial charge is 0.231 e. The highest BCUT2D eigenvalue weighted by molar-refractivity contribution is 6.29. The molecule has 1 aromatic carbocycles. The lowest BCUT2D eigenvalue weighted by atomic mass is 9.93. The van der Waals surface area contributed by atoms with Crippen LogP contribution in [0.15, 0.2) is 24.3 Å². The van der Waals surface area contributed by atoms with Gasteiger partial charge in [0.1, 0.15) is 23.4 Å². The van der Waals surface area contributed by atoms with Gasteiger partial charge in [-0.15, -0.1) is 5.10 Å². The molecule has 4 nitrogen and oxygen atoms in total. The Kier molecular flexibility index (Phi) is 3.89. The van der Waals surface area contributed by atoms with Crippen molar-refractivity contribution in [1.29, 1.82) is 0 Å². The molecule has 2 aromatic rings. The molecule has 1 aromatic heterocycles. The average molecular weight is 302 g/mol. The molecule has 8 heteroatoms. The van der Waals surface area contributed by atoms with Crippen LogP contribution in [-0.4, -0.2) is 16.1 Å². The molecule has 0 saturated heterocycles. The molecule has 2 N–H and O–H groups in total. The molecular weight excluding hydrogens is 295 g/mol. The number of rotatable bonds is 3.